The fourth-order valence-electron chi connectivity index (χ4n) is 4.14. The SMILES string of the molecule is CCOC(=O)c1ccc(N2CCN(CC)CC2)c(NC(=O)/C=C/c2ccc(-c3ccccc3Cl)o2)c1. The molecular weight excluding hydrogens is 478 g/mol. The molecule has 0 spiro atoms. The van der Waals surface area contributed by atoms with Crippen molar-refractivity contribution in [2.45, 2.75) is 13.8 Å². The number of carbonyl (C=O) groups is 2. The van der Waals surface area contributed by atoms with Gasteiger partial charge in [-0.3, -0.25) is 4.79 Å². The van der Waals surface area contributed by atoms with Gasteiger partial charge >= 0.3 is 5.97 Å². The number of halogens is 1. The van der Waals surface area contributed by atoms with Crippen LogP contribution in [0, 0.1) is 0 Å². The number of piperazine rings is 1. The van der Waals surface area contributed by atoms with E-state index in [-0.39, 0.29) is 12.5 Å². The van der Waals surface area contributed by atoms with Crippen molar-refractivity contribution >= 4 is 40.9 Å². The maximum atomic E-state index is 12.9. The number of nitrogens with one attached hydrogen (secondary N) is 1. The van der Waals surface area contributed by atoms with E-state index in [0.717, 1.165) is 44.0 Å². The van der Waals surface area contributed by atoms with Gasteiger partial charge in [0.15, 0.2) is 0 Å². The minimum atomic E-state index is -0.423. The van der Waals surface area contributed by atoms with Gasteiger partial charge in [-0.05, 0) is 62.0 Å². The Hall–Kier alpha value is -3.55. The smallest absolute Gasteiger partial charge is 0.338 e. The quantitative estimate of drug-likeness (QED) is 0.317. The van der Waals surface area contributed by atoms with Crippen LogP contribution in [0.5, 0.6) is 0 Å². The average Bonchev–Trinajstić information content (AvgIpc) is 3.37. The van der Waals surface area contributed by atoms with E-state index in [4.69, 9.17) is 20.8 Å². The molecule has 1 amide bonds. The first-order valence-corrected chi connectivity index (χ1v) is 12.5. The Labute approximate surface area is 216 Å². The summed E-state index contributed by atoms with van der Waals surface area (Å²) in [5.41, 5.74) is 2.62. The number of furan rings is 1. The predicted molar refractivity (Wildman–Crippen MR) is 144 cm³/mol. The van der Waals surface area contributed by atoms with Crippen LogP contribution >= 0.6 is 11.6 Å². The van der Waals surface area contributed by atoms with Crippen molar-refractivity contribution in [3.63, 3.8) is 0 Å². The zero-order valence-corrected chi connectivity index (χ0v) is 21.3. The van der Waals surface area contributed by atoms with Gasteiger partial charge in [0.05, 0.1) is 28.6 Å². The summed E-state index contributed by atoms with van der Waals surface area (Å²) in [5.74, 6) is 0.390. The highest BCUT2D eigenvalue weighted by Gasteiger charge is 2.20. The molecule has 1 N–H and O–H groups in total. The zero-order chi connectivity index (χ0) is 25.5. The van der Waals surface area contributed by atoms with E-state index in [9.17, 15) is 9.59 Å². The maximum absolute atomic E-state index is 12.9. The first kappa shape index (κ1) is 25.5. The molecule has 1 aliphatic rings. The fourth-order valence-corrected chi connectivity index (χ4v) is 4.37. The van der Waals surface area contributed by atoms with Crippen molar-refractivity contribution in [2.24, 2.45) is 0 Å². The third-order valence-corrected chi connectivity index (χ3v) is 6.42. The molecule has 2 heterocycles. The molecule has 36 heavy (non-hydrogen) atoms. The van der Waals surface area contributed by atoms with Crippen molar-refractivity contribution in [3.8, 4) is 11.3 Å². The number of ether oxygens (including phenoxy) is 1. The molecule has 1 aliphatic heterocycles. The Morgan fingerprint density at radius 2 is 1.83 bits per heavy atom. The lowest BCUT2D eigenvalue weighted by molar-refractivity contribution is -0.111. The molecule has 188 valence electrons. The number of benzene rings is 2. The summed E-state index contributed by atoms with van der Waals surface area (Å²) in [7, 11) is 0. The Bertz CT molecular complexity index is 1250. The van der Waals surface area contributed by atoms with Crippen LogP contribution in [-0.4, -0.2) is 56.1 Å². The van der Waals surface area contributed by atoms with Gasteiger partial charge in [-0.2, -0.15) is 0 Å². The topological polar surface area (TPSA) is 75.0 Å². The van der Waals surface area contributed by atoms with Crippen molar-refractivity contribution in [1.82, 2.24) is 4.90 Å². The minimum Gasteiger partial charge on any atom is -0.462 e. The molecule has 0 bridgehead atoms. The Kier molecular flexibility index (Phi) is 8.46. The molecule has 2 aromatic carbocycles. The van der Waals surface area contributed by atoms with Crippen molar-refractivity contribution in [2.75, 3.05) is 49.5 Å². The van der Waals surface area contributed by atoms with Crippen molar-refractivity contribution < 1.29 is 18.7 Å². The lowest BCUT2D eigenvalue weighted by Gasteiger charge is -2.36. The molecule has 0 saturated carbocycles. The van der Waals surface area contributed by atoms with Gasteiger partial charge in [0.25, 0.3) is 0 Å². The van der Waals surface area contributed by atoms with Gasteiger partial charge in [-0.1, -0.05) is 30.7 Å². The molecule has 0 atom stereocenters. The van der Waals surface area contributed by atoms with Crippen LogP contribution in [0.4, 0.5) is 11.4 Å². The van der Waals surface area contributed by atoms with E-state index in [1.807, 2.05) is 30.3 Å². The number of nitrogens with zero attached hydrogens (tertiary/aromatic N) is 2. The number of carbonyl (C=O) groups excluding carboxylic acids is 2. The lowest BCUT2D eigenvalue weighted by Crippen LogP contribution is -2.46. The first-order valence-electron chi connectivity index (χ1n) is 12.1. The van der Waals surface area contributed by atoms with E-state index in [0.29, 0.717) is 27.8 Å². The number of anilines is 2. The Morgan fingerprint density at radius 1 is 1.06 bits per heavy atom. The predicted octanol–water partition coefficient (Wildman–Crippen LogP) is 5.57. The van der Waals surface area contributed by atoms with Gasteiger partial charge in [0.1, 0.15) is 11.5 Å². The van der Waals surface area contributed by atoms with E-state index in [2.05, 4.69) is 22.0 Å². The molecule has 0 radical (unpaired) electrons. The lowest BCUT2D eigenvalue weighted by atomic mass is 10.1. The third-order valence-electron chi connectivity index (χ3n) is 6.09. The van der Waals surface area contributed by atoms with Crippen LogP contribution in [-0.2, 0) is 9.53 Å². The summed E-state index contributed by atoms with van der Waals surface area (Å²) in [4.78, 5) is 29.8. The van der Waals surface area contributed by atoms with E-state index >= 15 is 0 Å². The van der Waals surface area contributed by atoms with Crippen molar-refractivity contribution in [1.29, 1.82) is 0 Å². The number of likely N-dealkylation sites (N-methyl/N-ethyl adjacent to an activating group) is 1. The number of hydrogen-bond donors (Lipinski definition) is 1. The molecule has 3 aromatic rings. The standard InChI is InChI=1S/C28H30ClN3O4/c1-3-31-15-17-32(18-16-31)25-12-9-20(28(34)35-4-2)19-24(25)30-27(33)14-11-21-10-13-26(36-21)22-7-5-6-8-23(22)29/h5-14,19H,3-4,15-18H2,1-2H3,(H,30,33)/b14-11+. The Morgan fingerprint density at radius 3 is 2.56 bits per heavy atom. The second-order valence-electron chi connectivity index (χ2n) is 8.38. The summed E-state index contributed by atoms with van der Waals surface area (Å²) in [6.07, 6.45) is 3.01. The summed E-state index contributed by atoms with van der Waals surface area (Å²) >= 11 is 6.25. The molecule has 1 fully saturated rings. The largest absolute Gasteiger partial charge is 0.462 e. The van der Waals surface area contributed by atoms with Gasteiger partial charge in [-0.15, -0.1) is 0 Å². The zero-order valence-electron chi connectivity index (χ0n) is 20.5. The van der Waals surface area contributed by atoms with Crippen LogP contribution in [0.1, 0.15) is 30.0 Å². The van der Waals surface area contributed by atoms with Crippen molar-refractivity contribution in [3.05, 3.63) is 77.0 Å². The molecule has 4 rings (SSSR count). The number of amides is 1. The summed E-state index contributed by atoms with van der Waals surface area (Å²) < 4.78 is 11.0. The number of rotatable bonds is 8. The minimum absolute atomic E-state index is 0.281. The normalized spacial score (nSPS) is 14.2. The van der Waals surface area contributed by atoms with Gasteiger partial charge in [0, 0.05) is 37.8 Å². The van der Waals surface area contributed by atoms with Crippen LogP contribution in [0.25, 0.3) is 17.4 Å². The number of hydrogen-bond acceptors (Lipinski definition) is 6. The first-order chi connectivity index (χ1) is 17.5. The summed E-state index contributed by atoms with van der Waals surface area (Å²) in [5, 5.41) is 3.53. The van der Waals surface area contributed by atoms with Crippen LogP contribution in [0.15, 0.2) is 65.1 Å². The molecule has 7 nitrogen and oxygen atoms in total. The maximum Gasteiger partial charge on any atom is 0.338 e. The van der Waals surface area contributed by atoms with Gasteiger partial charge in [0.2, 0.25) is 5.91 Å². The molecular formula is C28H30ClN3O4. The molecule has 0 aliphatic carbocycles. The van der Waals surface area contributed by atoms with Crippen LogP contribution in [0.2, 0.25) is 5.02 Å². The highest BCUT2D eigenvalue weighted by Crippen LogP contribution is 2.30. The second kappa shape index (κ2) is 11.9. The monoisotopic (exact) mass is 507 g/mol. The van der Waals surface area contributed by atoms with E-state index < -0.39 is 5.97 Å². The molecule has 0 unspecified atom stereocenters. The highest BCUT2D eigenvalue weighted by molar-refractivity contribution is 6.33. The van der Waals surface area contributed by atoms with Crippen LogP contribution < -0.4 is 10.2 Å². The highest BCUT2D eigenvalue weighted by atomic mass is 35.5. The summed E-state index contributed by atoms with van der Waals surface area (Å²) in [6.45, 7) is 8.76. The summed E-state index contributed by atoms with van der Waals surface area (Å²) in [6, 6.07) is 16.3. The number of esters is 1. The van der Waals surface area contributed by atoms with Crippen LogP contribution in [0.3, 0.4) is 0 Å². The molecule has 8 heteroatoms. The van der Waals surface area contributed by atoms with Gasteiger partial charge in [-0.25, -0.2) is 4.79 Å². The van der Waals surface area contributed by atoms with E-state index in [1.165, 1.54) is 6.08 Å². The third kappa shape index (κ3) is 6.17. The fraction of sp³-hybridized carbons (Fsp3) is 0.286. The van der Waals surface area contributed by atoms with Gasteiger partial charge < -0.3 is 24.3 Å². The molecule has 1 aromatic heterocycles. The second-order valence-corrected chi connectivity index (χ2v) is 8.79. The Balaban J connectivity index is 1.51. The molecule has 1 saturated heterocycles. The average molecular weight is 508 g/mol. The van der Waals surface area contributed by atoms with E-state index in [1.54, 1.807) is 37.3 Å².